The van der Waals surface area contributed by atoms with Crippen molar-refractivity contribution in [1.82, 2.24) is 0 Å². The average Bonchev–Trinajstić information content (AvgIpc) is 3.24. The van der Waals surface area contributed by atoms with Crippen LogP contribution in [0.4, 0.5) is 0 Å². The molecule has 3 unspecified atom stereocenters. The van der Waals surface area contributed by atoms with Crippen LogP contribution in [0.25, 0.3) is 0 Å². The highest BCUT2D eigenvalue weighted by atomic mass is 16.6. The summed E-state index contributed by atoms with van der Waals surface area (Å²) in [6, 6.07) is 1.41. The Morgan fingerprint density at radius 1 is 1.23 bits per heavy atom. The fourth-order valence-corrected chi connectivity index (χ4v) is 6.06. The highest BCUT2D eigenvalue weighted by molar-refractivity contribution is 5.46. The van der Waals surface area contributed by atoms with E-state index in [-0.39, 0.29) is 23.9 Å². The molecule has 5 rings (SSSR count). The molecule has 7 heteroatoms. The number of hydrogen-bond acceptors (Lipinski definition) is 7. The summed E-state index contributed by atoms with van der Waals surface area (Å²) in [5, 5.41) is 32.3. The zero-order valence-electron chi connectivity index (χ0n) is 15.2. The van der Waals surface area contributed by atoms with E-state index in [0.717, 1.165) is 0 Å². The Morgan fingerprint density at radius 3 is 2.58 bits per heavy atom. The molecule has 3 heterocycles. The number of fused-ring (bicyclic) bond motifs is 4. The molecular formula is C19H24O7. The summed E-state index contributed by atoms with van der Waals surface area (Å²) in [6.45, 7) is 7.00. The predicted molar refractivity (Wildman–Crippen MR) is 88.3 cm³/mol. The smallest absolute Gasteiger partial charge is 0.336 e. The van der Waals surface area contributed by atoms with Gasteiger partial charge in [-0.3, -0.25) is 0 Å². The Hall–Kier alpha value is -1.25. The number of ether oxygens (including phenoxy) is 2. The van der Waals surface area contributed by atoms with Gasteiger partial charge in [-0.05, 0) is 25.8 Å². The minimum atomic E-state index is -1.44. The van der Waals surface area contributed by atoms with E-state index in [1.165, 1.54) is 19.9 Å². The molecule has 1 aromatic heterocycles. The SMILES string of the molecule is CC(C)(O)c1oc(=O)cc2c1[C@@H](O)C1OC(O)[C@]3(C)C1[C@]2(C)C[C@@H]1O[C@@H]13. The molecule has 7 nitrogen and oxygen atoms in total. The minimum Gasteiger partial charge on any atom is -0.424 e. The fourth-order valence-electron chi connectivity index (χ4n) is 6.06. The summed E-state index contributed by atoms with van der Waals surface area (Å²) in [7, 11) is 0. The summed E-state index contributed by atoms with van der Waals surface area (Å²) in [6.07, 6.45) is -2.29. The van der Waals surface area contributed by atoms with E-state index in [1.54, 1.807) is 0 Å². The van der Waals surface area contributed by atoms with Gasteiger partial charge in [-0.15, -0.1) is 0 Å². The van der Waals surface area contributed by atoms with E-state index in [4.69, 9.17) is 13.9 Å². The maximum atomic E-state index is 12.3. The van der Waals surface area contributed by atoms with Gasteiger partial charge in [0, 0.05) is 23.0 Å². The molecule has 0 amide bonds. The standard InChI is InChI=1S/C19H24O7/c1-17(2,23)15-10-7(5-9(20)25-15)18(3)6-8-14(24-8)19(4)13(18)12(11(10)21)26-16(19)22/h5,8,11-14,16,21-23H,6H2,1-4H3/t8-,11+,12?,13?,14-,16?,18+,19+/m0/s1. The van der Waals surface area contributed by atoms with Crippen LogP contribution in [0.15, 0.2) is 15.3 Å². The second-order valence-electron chi connectivity index (χ2n) is 9.24. The van der Waals surface area contributed by atoms with Gasteiger partial charge in [-0.25, -0.2) is 4.79 Å². The molecule has 3 N–H and O–H groups in total. The van der Waals surface area contributed by atoms with Crippen molar-refractivity contribution >= 4 is 0 Å². The van der Waals surface area contributed by atoms with E-state index < -0.39 is 40.6 Å². The zero-order valence-corrected chi connectivity index (χ0v) is 15.2. The molecule has 2 saturated heterocycles. The third kappa shape index (κ3) is 1.78. The molecule has 1 aromatic rings. The Balaban J connectivity index is 1.82. The number of hydrogen-bond donors (Lipinski definition) is 3. The molecule has 2 aliphatic heterocycles. The molecule has 4 aliphatic rings. The van der Waals surface area contributed by atoms with Crippen molar-refractivity contribution in [2.45, 2.75) is 75.8 Å². The van der Waals surface area contributed by atoms with E-state index in [9.17, 15) is 20.1 Å². The lowest BCUT2D eigenvalue weighted by molar-refractivity contribution is -0.154. The molecule has 3 fully saturated rings. The number of aliphatic hydroxyl groups excluding tert-OH is 2. The van der Waals surface area contributed by atoms with Crippen LogP contribution in [0.1, 0.15) is 57.1 Å². The van der Waals surface area contributed by atoms with Crippen LogP contribution >= 0.6 is 0 Å². The molecule has 0 bridgehead atoms. The summed E-state index contributed by atoms with van der Waals surface area (Å²) in [4.78, 5) is 12.3. The van der Waals surface area contributed by atoms with Crippen LogP contribution in [-0.4, -0.2) is 39.9 Å². The van der Waals surface area contributed by atoms with Crippen molar-refractivity contribution in [2.24, 2.45) is 11.3 Å². The normalized spacial score (nSPS) is 48.6. The molecular weight excluding hydrogens is 340 g/mol. The molecule has 1 saturated carbocycles. The number of rotatable bonds is 1. The van der Waals surface area contributed by atoms with E-state index >= 15 is 0 Å². The molecule has 26 heavy (non-hydrogen) atoms. The maximum absolute atomic E-state index is 12.3. The van der Waals surface area contributed by atoms with Crippen molar-refractivity contribution in [1.29, 1.82) is 0 Å². The summed E-state index contributed by atoms with van der Waals surface area (Å²) in [5.74, 6) is -0.162. The van der Waals surface area contributed by atoms with Crippen molar-refractivity contribution in [3.63, 3.8) is 0 Å². The molecule has 0 radical (unpaired) electrons. The third-order valence-corrected chi connectivity index (χ3v) is 7.10. The van der Waals surface area contributed by atoms with Crippen molar-refractivity contribution in [3.05, 3.63) is 33.4 Å². The van der Waals surface area contributed by atoms with Gasteiger partial charge >= 0.3 is 5.63 Å². The molecule has 0 spiro atoms. The van der Waals surface area contributed by atoms with Crippen LogP contribution in [0.2, 0.25) is 0 Å². The van der Waals surface area contributed by atoms with Gasteiger partial charge in [0.15, 0.2) is 6.29 Å². The van der Waals surface area contributed by atoms with Crippen molar-refractivity contribution < 1.29 is 29.2 Å². The Labute approximate surface area is 150 Å². The fraction of sp³-hybridized carbons (Fsp3) is 0.737. The lowest BCUT2D eigenvalue weighted by Gasteiger charge is -2.52. The monoisotopic (exact) mass is 364 g/mol. The second kappa shape index (κ2) is 4.59. The van der Waals surface area contributed by atoms with Crippen LogP contribution in [0, 0.1) is 11.3 Å². The third-order valence-electron chi connectivity index (χ3n) is 7.10. The van der Waals surface area contributed by atoms with Crippen molar-refractivity contribution in [2.75, 3.05) is 0 Å². The van der Waals surface area contributed by atoms with E-state index in [1.807, 2.05) is 13.8 Å². The van der Waals surface area contributed by atoms with Crippen LogP contribution in [0.3, 0.4) is 0 Å². The highest BCUT2D eigenvalue weighted by Gasteiger charge is 2.76. The average molecular weight is 364 g/mol. The highest BCUT2D eigenvalue weighted by Crippen LogP contribution is 2.69. The largest absolute Gasteiger partial charge is 0.424 e. The van der Waals surface area contributed by atoms with Gasteiger partial charge in [0.1, 0.15) is 17.5 Å². The Morgan fingerprint density at radius 2 is 1.92 bits per heavy atom. The topological polar surface area (TPSA) is 113 Å². The quantitative estimate of drug-likeness (QED) is 0.628. The van der Waals surface area contributed by atoms with Crippen LogP contribution in [-0.2, 0) is 20.5 Å². The maximum Gasteiger partial charge on any atom is 0.336 e. The summed E-state index contributed by atoms with van der Waals surface area (Å²) >= 11 is 0. The molecule has 2 aliphatic carbocycles. The first-order valence-corrected chi connectivity index (χ1v) is 9.08. The van der Waals surface area contributed by atoms with Gasteiger partial charge in [-0.2, -0.15) is 0 Å². The molecule has 142 valence electrons. The molecule has 0 aromatic carbocycles. The molecule has 8 atom stereocenters. The van der Waals surface area contributed by atoms with Crippen LogP contribution in [0.5, 0.6) is 0 Å². The van der Waals surface area contributed by atoms with E-state index in [2.05, 4.69) is 0 Å². The van der Waals surface area contributed by atoms with E-state index in [0.29, 0.717) is 17.5 Å². The summed E-state index contributed by atoms with van der Waals surface area (Å²) < 4.78 is 17.0. The Bertz CT molecular complexity index is 854. The van der Waals surface area contributed by atoms with Gasteiger partial charge in [0.25, 0.3) is 0 Å². The number of epoxide rings is 1. The predicted octanol–water partition coefficient (Wildman–Crippen LogP) is 0.683. The van der Waals surface area contributed by atoms with Gasteiger partial charge in [0.2, 0.25) is 0 Å². The second-order valence-corrected chi connectivity index (χ2v) is 9.24. The first kappa shape index (κ1) is 16.9. The summed E-state index contributed by atoms with van der Waals surface area (Å²) in [5.41, 5.74) is -2.14. The first-order valence-electron chi connectivity index (χ1n) is 9.08. The lowest BCUT2D eigenvalue weighted by atomic mass is 9.49. The van der Waals surface area contributed by atoms with Crippen LogP contribution < -0.4 is 5.63 Å². The lowest BCUT2D eigenvalue weighted by Crippen LogP contribution is -2.57. The number of aliphatic hydroxyl groups is 3. The van der Waals surface area contributed by atoms with Gasteiger partial charge < -0.3 is 29.2 Å². The first-order chi connectivity index (χ1) is 12.0. The van der Waals surface area contributed by atoms with Gasteiger partial charge in [0.05, 0.1) is 23.7 Å². The Kier molecular flexibility index (Phi) is 2.98. The minimum absolute atomic E-state index is 0.0147. The van der Waals surface area contributed by atoms with Gasteiger partial charge in [-0.1, -0.05) is 13.8 Å². The zero-order chi connectivity index (χ0) is 18.8. The van der Waals surface area contributed by atoms with Crippen molar-refractivity contribution in [3.8, 4) is 0 Å².